The summed E-state index contributed by atoms with van der Waals surface area (Å²) in [5.41, 5.74) is 1.26. The number of carbonyl (C=O) groups is 1. The molecule has 0 aromatic carbocycles. The van der Waals surface area contributed by atoms with Gasteiger partial charge in [-0.05, 0) is 32.6 Å². The first kappa shape index (κ1) is 13.2. The summed E-state index contributed by atoms with van der Waals surface area (Å²) in [6.07, 6.45) is 5.87. The Morgan fingerprint density at radius 1 is 1.14 bits per heavy atom. The van der Waals surface area contributed by atoms with Crippen molar-refractivity contribution in [3.05, 3.63) is 12.2 Å². The van der Waals surface area contributed by atoms with Crippen molar-refractivity contribution < 1.29 is 9.53 Å². The molecule has 0 saturated heterocycles. The second kappa shape index (κ2) is 8.79. The van der Waals surface area contributed by atoms with Gasteiger partial charge in [-0.3, -0.25) is 4.79 Å². The van der Waals surface area contributed by atoms with Crippen LogP contribution in [-0.2, 0) is 9.53 Å². The Morgan fingerprint density at radius 3 is 2.36 bits per heavy atom. The molecule has 0 N–H and O–H groups in total. The summed E-state index contributed by atoms with van der Waals surface area (Å²) in [6.45, 7) is 8.47. The molecule has 2 heteroatoms. The summed E-state index contributed by atoms with van der Waals surface area (Å²) in [5.74, 6) is -0.0872. The van der Waals surface area contributed by atoms with Gasteiger partial charge >= 0.3 is 5.97 Å². The van der Waals surface area contributed by atoms with Gasteiger partial charge in [0.1, 0.15) is 0 Å². The highest BCUT2D eigenvalue weighted by Crippen LogP contribution is 2.12. The van der Waals surface area contributed by atoms with Crippen molar-refractivity contribution in [3.63, 3.8) is 0 Å². The van der Waals surface area contributed by atoms with Crippen LogP contribution >= 0.6 is 0 Å². The molecule has 0 unspecified atom stereocenters. The summed E-state index contributed by atoms with van der Waals surface area (Å²) in [5, 5.41) is 0. The van der Waals surface area contributed by atoms with Gasteiger partial charge in [0.25, 0.3) is 0 Å². The molecule has 0 aromatic rings. The maximum absolute atomic E-state index is 11.0. The lowest BCUT2D eigenvalue weighted by molar-refractivity contribution is -0.143. The molecule has 0 bridgehead atoms. The highest BCUT2D eigenvalue weighted by molar-refractivity contribution is 5.69. The fraction of sp³-hybridized carbons (Fsp3) is 0.750. The molecule has 0 saturated carbocycles. The number of unbranched alkanes of at least 4 members (excludes halogenated alkanes) is 1. The van der Waals surface area contributed by atoms with Crippen molar-refractivity contribution in [2.45, 2.75) is 52.4 Å². The largest absolute Gasteiger partial charge is 0.466 e. The van der Waals surface area contributed by atoms with E-state index in [1.54, 1.807) is 0 Å². The highest BCUT2D eigenvalue weighted by atomic mass is 16.5. The highest BCUT2D eigenvalue weighted by Gasteiger charge is 2.01. The molecule has 14 heavy (non-hydrogen) atoms. The Kier molecular flexibility index (Phi) is 8.30. The summed E-state index contributed by atoms with van der Waals surface area (Å²) < 4.78 is 4.84. The molecule has 0 fully saturated rings. The molecular formula is C12H22O2. The van der Waals surface area contributed by atoms with Crippen LogP contribution in [0.3, 0.4) is 0 Å². The lowest BCUT2D eigenvalue weighted by Crippen LogP contribution is -2.03. The Bertz CT molecular complexity index is 173. The third-order valence-corrected chi connectivity index (χ3v) is 2.10. The SMILES string of the molecule is C=C(CCCC)CCCC(=O)OCC. The van der Waals surface area contributed by atoms with Gasteiger partial charge in [-0.15, -0.1) is 0 Å². The number of hydrogen-bond acceptors (Lipinski definition) is 2. The molecule has 2 nitrogen and oxygen atoms in total. The van der Waals surface area contributed by atoms with E-state index in [0.29, 0.717) is 13.0 Å². The zero-order valence-electron chi connectivity index (χ0n) is 9.47. The van der Waals surface area contributed by atoms with Crippen LogP contribution in [0.4, 0.5) is 0 Å². The monoisotopic (exact) mass is 198 g/mol. The van der Waals surface area contributed by atoms with Crippen molar-refractivity contribution in [1.82, 2.24) is 0 Å². The fourth-order valence-electron chi connectivity index (χ4n) is 1.27. The molecule has 0 atom stereocenters. The zero-order valence-corrected chi connectivity index (χ0v) is 9.47. The third kappa shape index (κ3) is 7.84. The zero-order chi connectivity index (χ0) is 10.8. The lowest BCUT2D eigenvalue weighted by atomic mass is 10.0. The number of esters is 1. The van der Waals surface area contributed by atoms with E-state index in [1.807, 2.05) is 6.92 Å². The van der Waals surface area contributed by atoms with Crippen LogP contribution in [0.25, 0.3) is 0 Å². The fourth-order valence-corrected chi connectivity index (χ4v) is 1.27. The van der Waals surface area contributed by atoms with Crippen LogP contribution in [-0.4, -0.2) is 12.6 Å². The van der Waals surface area contributed by atoms with Crippen molar-refractivity contribution >= 4 is 5.97 Å². The first-order chi connectivity index (χ1) is 6.70. The summed E-state index contributed by atoms with van der Waals surface area (Å²) in [7, 11) is 0. The van der Waals surface area contributed by atoms with Gasteiger partial charge in [-0.25, -0.2) is 0 Å². The number of allylic oxidation sites excluding steroid dienone is 1. The van der Waals surface area contributed by atoms with Gasteiger partial charge in [0.05, 0.1) is 6.61 Å². The first-order valence-electron chi connectivity index (χ1n) is 5.53. The van der Waals surface area contributed by atoms with Crippen molar-refractivity contribution in [2.75, 3.05) is 6.61 Å². The molecule has 0 aliphatic heterocycles. The second-order valence-electron chi connectivity index (χ2n) is 3.51. The van der Waals surface area contributed by atoms with Crippen LogP contribution in [0.5, 0.6) is 0 Å². The minimum Gasteiger partial charge on any atom is -0.466 e. The lowest BCUT2D eigenvalue weighted by Gasteiger charge is -2.04. The normalized spacial score (nSPS) is 9.86. The maximum atomic E-state index is 11.0. The molecule has 0 spiro atoms. The average molecular weight is 198 g/mol. The van der Waals surface area contributed by atoms with E-state index in [9.17, 15) is 4.79 Å². The van der Waals surface area contributed by atoms with Crippen molar-refractivity contribution in [3.8, 4) is 0 Å². The van der Waals surface area contributed by atoms with Gasteiger partial charge in [-0.1, -0.05) is 25.5 Å². The van der Waals surface area contributed by atoms with Crippen molar-refractivity contribution in [1.29, 1.82) is 0 Å². The molecule has 0 heterocycles. The standard InChI is InChI=1S/C12H22O2/c1-4-6-8-11(3)9-7-10-12(13)14-5-2/h3-10H2,1-2H3. The Labute approximate surface area is 87.3 Å². The van der Waals surface area contributed by atoms with Crippen LogP contribution in [0.1, 0.15) is 52.4 Å². The van der Waals surface area contributed by atoms with E-state index in [4.69, 9.17) is 4.74 Å². The number of hydrogen-bond donors (Lipinski definition) is 0. The van der Waals surface area contributed by atoms with Gasteiger partial charge in [0, 0.05) is 6.42 Å². The topological polar surface area (TPSA) is 26.3 Å². The summed E-state index contributed by atoms with van der Waals surface area (Å²) in [6, 6.07) is 0. The second-order valence-corrected chi connectivity index (χ2v) is 3.51. The van der Waals surface area contributed by atoms with Gasteiger partial charge in [-0.2, -0.15) is 0 Å². The molecule has 0 radical (unpaired) electrons. The molecule has 0 amide bonds. The van der Waals surface area contributed by atoms with E-state index in [0.717, 1.165) is 19.3 Å². The van der Waals surface area contributed by atoms with Crippen LogP contribution in [0.15, 0.2) is 12.2 Å². The number of carbonyl (C=O) groups excluding carboxylic acids is 1. The molecule has 0 aliphatic carbocycles. The smallest absolute Gasteiger partial charge is 0.305 e. The van der Waals surface area contributed by atoms with Gasteiger partial charge in [0.2, 0.25) is 0 Å². The number of rotatable bonds is 8. The first-order valence-corrected chi connectivity index (χ1v) is 5.53. The van der Waals surface area contributed by atoms with E-state index in [1.165, 1.54) is 18.4 Å². The molecule has 0 rings (SSSR count). The summed E-state index contributed by atoms with van der Waals surface area (Å²) in [4.78, 5) is 11.0. The number of ether oxygens (including phenoxy) is 1. The quantitative estimate of drug-likeness (QED) is 0.441. The van der Waals surface area contributed by atoms with Gasteiger partial charge < -0.3 is 4.74 Å². The van der Waals surface area contributed by atoms with Crippen molar-refractivity contribution in [2.24, 2.45) is 0 Å². The Hall–Kier alpha value is -0.790. The molecule has 0 aliphatic rings. The van der Waals surface area contributed by atoms with E-state index >= 15 is 0 Å². The van der Waals surface area contributed by atoms with Crippen LogP contribution in [0, 0.1) is 0 Å². The summed E-state index contributed by atoms with van der Waals surface area (Å²) >= 11 is 0. The van der Waals surface area contributed by atoms with Gasteiger partial charge in [0.15, 0.2) is 0 Å². The maximum Gasteiger partial charge on any atom is 0.305 e. The third-order valence-electron chi connectivity index (χ3n) is 2.10. The van der Waals surface area contributed by atoms with Crippen LogP contribution < -0.4 is 0 Å². The Balaban J connectivity index is 3.34. The predicted molar refractivity (Wildman–Crippen MR) is 59.1 cm³/mol. The molecule has 82 valence electrons. The Morgan fingerprint density at radius 2 is 1.79 bits per heavy atom. The van der Waals surface area contributed by atoms with E-state index in [2.05, 4.69) is 13.5 Å². The predicted octanol–water partition coefficient (Wildman–Crippen LogP) is 3.47. The average Bonchev–Trinajstić information content (AvgIpc) is 2.15. The molecule has 0 aromatic heterocycles. The molecular weight excluding hydrogens is 176 g/mol. The van der Waals surface area contributed by atoms with E-state index < -0.39 is 0 Å². The van der Waals surface area contributed by atoms with Crippen LogP contribution in [0.2, 0.25) is 0 Å². The minimum atomic E-state index is -0.0872. The minimum absolute atomic E-state index is 0.0872. The van der Waals surface area contributed by atoms with E-state index in [-0.39, 0.29) is 5.97 Å².